The van der Waals surface area contributed by atoms with Crippen LogP contribution in [0.15, 0.2) is 35.1 Å². The Kier molecular flexibility index (Phi) is 7.51. The molecule has 166 valence electrons. The minimum Gasteiger partial charge on any atom is -0.355 e. The molecular formula is C22H28FN5O3. The molecule has 3 rings (SSSR count). The first kappa shape index (κ1) is 22.6. The summed E-state index contributed by atoms with van der Waals surface area (Å²) in [5.74, 6) is -1.07. The van der Waals surface area contributed by atoms with Crippen molar-refractivity contribution in [1.82, 2.24) is 25.3 Å². The van der Waals surface area contributed by atoms with Gasteiger partial charge in [-0.15, -0.1) is 0 Å². The van der Waals surface area contributed by atoms with Crippen molar-refractivity contribution in [3.05, 3.63) is 57.8 Å². The number of aryl methyl sites for hydroxylation is 1. The summed E-state index contributed by atoms with van der Waals surface area (Å²) in [6.45, 7) is 5.99. The van der Waals surface area contributed by atoms with E-state index < -0.39 is 17.2 Å². The zero-order valence-electron chi connectivity index (χ0n) is 17.9. The minimum atomic E-state index is -0.575. The molecular weight excluding hydrogens is 401 g/mol. The van der Waals surface area contributed by atoms with Gasteiger partial charge in [-0.25, -0.2) is 9.07 Å². The van der Waals surface area contributed by atoms with Crippen LogP contribution in [0.3, 0.4) is 0 Å². The Hall–Kier alpha value is -3.07. The zero-order chi connectivity index (χ0) is 22.4. The largest absolute Gasteiger partial charge is 0.355 e. The highest BCUT2D eigenvalue weighted by Crippen LogP contribution is 2.14. The second-order valence-corrected chi connectivity index (χ2v) is 7.74. The van der Waals surface area contributed by atoms with Crippen LogP contribution in [-0.4, -0.2) is 58.7 Å². The molecule has 1 aliphatic rings. The molecule has 1 aliphatic heterocycles. The van der Waals surface area contributed by atoms with E-state index in [-0.39, 0.29) is 23.3 Å². The van der Waals surface area contributed by atoms with E-state index >= 15 is 0 Å². The van der Waals surface area contributed by atoms with Crippen molar-refractivity contribution in [2.75, 3.05) is 26.2 Å². The van der Waals surface area contributed by atoms with Crippen LogP contribution in [0.2, 0.25) is 0 Å². The van der Waals surface area contributed by atoms with Crippen LogP contribution >= 0.6 is 0 Å². The first-order valence-corrected chi connectivity index (χ1v) is 10.5. The van der Waals surface area contributed by atoms with Crippen LogP contribution in [0, 0.1) is 12.7 Å². The van der Waals surface area contributed by atoms with Gasteiger partial charge in [0.25, 0.3) is 5.91 Å². The monoisotopic (exact) mass is 429 g/mol. The van der Waals surface area contributed by atoms with E-state index in [2.05, 4.69) is 15.7 Å². The quantitative estimate of drug-likeness (QED) is 0.694. The number of nitrogens with one attached hydrogen (secondary N) is 2. The molecule has 2 heterocycles. The Balaban J connectivity index is 1.64. The predicted octanol–water partition coefficient (Wildman–Crippen LogP) is 1.40. The lowest BCUT2D eigenvalue weighted by Crippen LogP contribution is -2.48. The van der Waals surface area contributed by atoms with Gasteiger partial charge in [0.15, 0.2) is 5.69 Å². The summed E-state index contributed by atoms with van der Waals surface area (Å²) in [4.78, 5) is 39.0. The third-order valence-electron chi connectivity index (χ3n) is 5.27. The van der Waals surface area contributed by atoms with E-state index in [1.807, 2.05) is 11.8 Å². The highest BCUT2D eigenvalue weighted by Gasteiger charge is 2.24. The molecule has 9 heteroatoms. The second kappa shape index (κ2) is 10.3. The highest BCUT2D eigenvalue weighted by molar-refractivity contribution is 5.92. The van der Waals surface area contributed by atoms with E-state index in [1.165, 1.54) is 22.9 Å². The van der Waals surface area contributed by atoms with E-state index in [4.69, 9.17) is 0 Å². The Morgan fingerprint density at radius 1 is 1.23 bits per heavy atom. The molecule has 0 atom stereocenters. The number of benzene rings is 1. The minimum absolute atomic E-state index is 0.00175. The maximum absolute atomic E-state index is 14.2. The van der Waals surface area contributed by atoms with Gasteiger partial charge < -0.3 is 10.6 Å². The molecule has 0 bridgehead atoms. The summed E-state index contributed by atoms with van der Waals surface area (Å²) in [5.41, 5.74) is -0.173. The molecule has 1 aromatic heterocycles. The lowest BCUT2D eigenvalue weighted by molar-refractivity contribution is -0.122. The van der Waals surface area contributed by atoms with Crippen molar-refractivity contribution in [2.45, 2.75) is 39.2 Å². The molecule has 2 N–H and O–H groups in total. The standard InChI is InChI=1S/C22H28FN5O3/c1-3-10-24-20(30)14-27-11-8-16(9-12-27)25-22(31)21-19(29)13-15(2)28(26-21)18-7-5-4-6-17(18)23/h4-7,13,16H,3,8-12,14H2,1-2H3,(H,24,30)(H,25,31). The van der Waals surface area contributed by atoms with Crippen molar-refractivity contribution in [2.24, 2.45) is 0 Å². The van der Waals surface area contributed by atoms with Gasteiger partial charge in [-0.3, -0.25) is 19.3 Å². The number of aromatic nitrogens is 2. The first-order valence-electron chi connectivity index (χ1n) is 10.5. The van der Waals surface area contributed by atoms with Gasteiger partial charge in [-0.1, -0.05) is 19.1 Å². The van der Waals surface area contributed by atoms with Crippen LogP contribution < -0.4 is 16.1 Å². The average molecular weight is 429 g/mol. The number of halogens is 1. The number of hydrogen-bond donors (Lipinski definition) is 2. The molecule has 0 spiro atoms. The first-order chi connectivity index (χ1) is 14.9. The lowest BCUT2D eigenvalue weighted by atomic mass is 10.0. The molecule has 8 nitrogen and oxygen atoms in total. The maximum Gasteiger partial charge on any atom is 0.276 e. The van der Waals surface area contributed by atoms with E-state index in [0.717, 1.165) is 6.42 Å². The Morgan fingerprint density at radius 3 is 2.61 bits per heavy atom. The number of likely N-dealkylation sites (tertiary alicyclic amines) is 1. The molecule has 0 unspecified atom stereocenters. The molecule has 1 aromatic carbocycles. The zero-order valence-corrected chi connectivity index (χ0v) is 17.9. The topological polar surface area (TPSA) is 96.3 Å². The number of piperidine rings is 1. The van der Waals surface area contributed by atoms with Crippen LogP contribution in [-0.2, 0) is 4.79 Å². The Morgan fingerprint density at radius 2 is 1.94 bits per heavy atom. The van der Waals surface area contributed by atoms with E-state index in [1.54, 1.807) is 19.1 Å². The maximum atomic E-state index is 14.2. The van der Waals surface area contributed by atoms with Gasteiger partial charge in [0.2, 0.25) is 11.3 Å². The van der Waals surface area contributed by atoms with Gasteiger partial charge in [0.05, 0.1) is 6.54 Å². The second-order valence-electron chi connectivity index (χ2n) is 7.74. The fourth-order valence-corrected chi connectivity index (χ4v) is 3.58. The summed E-state index contributed by atoms with van der Waals surface area (Å²) in [5, 5.41) is 9.86. The van der Waals surface area contributed by atoms with Crippen LogP contribution in [0.4, 0.5) is 4.39 Å². The summed E-state index contributed by atoms with van der Waals surface area (Å²) in [6.07, 6.45) is 2.23. The van der Waals surface area contributed by atoms with E-state index in [0.29, 0.717) is 44.7 Å². The van der Waals surface area contributed by atoms with Crippen molar-refractivity contribution in [3.8, 4) is 5.69 Å². The lowest BCUT2D eigenvalue weighted by Gasteiger charge is -2.31. The number of rotatable bonds is 7. The van der Waals surface area contributed by atoms with Gasteiger partial charge in [-0.05, 0) is 38.3 Å². The number of para-hydroxylation sites is 1. The van der Waals surface area contributed by atoms with Crippen molar-refractivity contribution >= 4 is 11.8 Å². The fourth-order valence-electron chi connectivity index (χ4n) is 3.58. The molecule has 2 aromatic rings. The Bertz CT molecular complexity index is 999. The predicted molar refractivity (Wildman–Crippen MR) is 115 cm³/mol. The molecule has 1 saturated heterocycles. The SMILES string of the molecule is CCCNC(=O)CN1CCC(NC(=O)c2nn(-c3ccccc3F)c(C)cc2=O)CC1. The van der Waals surface area contributed by atoms with Gasteiger partial charge in [-0.2, -0.15) is 5.10 Å². The summed E-state index contributed by atoms with van der Waals surface area (Å²) < 4.78 is 15.5. The van der Waals surface area contributed by atoms with Crippen LogP contribution in [0.5, 0.6) is 0 Å². The molecule has 0 saturated carbocycles. The van der Waals surface area contributed by atoms with Crippen molar-refractivity contribution in [3.63, 3.8) is 0 Å². The number of nitrogens with zero attached hydrogens (tertiary/aromatic N) is 3. The summed E-state index contributed by atoms with van der Waals surface area (Å²) >= 11 is 0. The van der Waals surface area contributed by atoms with Crippen LogP contribution in [0.25, 0.3) is 5.69 Å². The Labute approximate surface area is 180 Å². The molecule has 2 amide bonds. The third-order valence-corrected chi connectivity index (χ3v) is 5.27. The summed E-state index contributed by atoms with van der Waals surface area (Å²) in [7, 11) is 0. The van der Waals surface area contributed by atoms with Crippen LogP contribution in [0.1, 0.15) is 42.4 Å². The molecule has 31 heavy (non-hydrogen) atoms. The fraction of sp³-hybridized carbons (Fsp3) is 0.455. The third kappa shape index (κ3) is 5.75. The number of carbonyl (C=O) groups is 2. The normalized spacial score (nSPS) is 14.9. The average Bonchev–Trinajstić information content (AvgIpc) is 2.74. The molecule has 0 aliphatic carbocycles. The number of carbonyl (C=O) groups excluding carboxylic acids is 2. The molecule has 1 fully saturated rings. The number of amides is 2. The van der Waals surface area contributed by atoms with Gasteiger partial charge in [0.1, 0.15) is 11.5 Å². The summed E-state index contributed by atoms with van der Waals surface area (Å²) in [6, 6.07) is 7.22. The van der Waals surface area contributed by atoms with Crippen molar-refractivity contribution < 1.29 is 14.0 Å². The van der Waals surface area contributed by atoms with Gasteiger partial charge >= 0.3 is 0 Å². The number of hydrogen-bond acceptors (Lipinski definition) is 5. The van der Waals surface area contributed by atoms with E-state index in [9.17, 15) is 18.8 Å². The van der Waals surface area contributed by atoms with Gasteiger partial charge in [0, 0.05) is 37.4 Å². The molecule has 0 radical (unpaired) electrons. The van der Waals surface area contributed by atoms with Crippen molar-refractivity contribution in [1.29, 1.82) is 0 Å². The smallest absolute Gasteiger partial charge is 0.276 e. The highest BCUT2D eigenvalue weighted by atomic mass is 19.1.